The highest BCUT2D eigenvalue weighted by molar-refractivity contribution is 5.95. The van der Waals surface area contributed by atoms with Crippen LogP contribution in [0, 0.1) is 0 Å². The van der Waals surface area contributed by atoms with Crippen molar-refractivity contribution in [1.82, 2.24) is 14.8 Å². The van der Waals surface area contributed by atoms with Gasteiger partial charge in [0.15, 0.2) is 5.65 Å². The van der Waals surface area contributed by atoms with E-state index in [-0.39, 0.29) is 29.1 Å². The fraction of sp³-hybridized carbons (Fsp3) is 0.312. The molecule has 0 bridgehead atoms. The second kappa shape index (κ2) is 6.96. The fourth-order valence-corrected chi connectivity index (χ4v) is 2.35. The third-order valence-electron chi connectivity index (χ3n) is 3.54. The summed E-state index contributed by atoms with van der Waals surface area (Å²) in [5.74, 6) is -0.718. The molecule has 2 aromatic heterocycles. The number of fused-ring (bicyclic) bond motifs is 1. The van der Waals surface area contributed by atoms with E-state index in [1.165, 1.54) is 24.9 Å². The van der Waals surface area contributed by atoms with Crippen LogP contribution in [0.3, 0.4) is 0 Å². The lowest BCUT2D eigenvalue weighted by atomic mass is 10.0. The van der Waals surface area contributed by atoms with Crippen LogP contribution in [-0.4, -0.2) is 34.4 Å². The lowest BCUT2D eigenvalue weighted by molar-refractivity contribution is -0.138. The number of anilines is 1. The molecule has 2 aromatic rings. The summed E-state index contributed by atoms with van der Waals surface area (Å²) < 4.78 is 46.5. The largest absolute Gasteiger partial charge is 0.468 e. The first kappa shape index (κ1) is 18.5. The Morgan fingerprint density at radius 2 is 2.16 bits per heavy atom. The summed E-state index contributed by atoms with van der Waals surface area (Å²) in [6.07, 6.45) is -1.57. The Morgan fingerprint density at radius 3 is 2.68 bits per heavy atom. The number of nitrogens with one attached hydrogen (secondary N) is 1. The van der Waals surface area contributed by atoms with Crippen LogP contribution in [-0.2, 0) is 22.8 Å². The number of halogens is 3. The summed E-state index contributed by atoms with van der Waals surface area (Å²) in [5, 5.41) is 6.57. The van der Waals surface area contributed by atoms with E-state index in [0.29, 0.717) is 5.57 Å². The van der Waals surface area contributed by atoms with Crippen molar-refractivity contribution in [3.8, 4) is 0 Å². The van der Waals surface area contributed by atoms with E-state index in [4.69, 9.17) is 0 Å². The van der Waals surface area contributed by atoms with Gasteiger partial charge in [0.1, 0.15) is 18.1 Å². The number of carbonyl (C=O) groups excluding carboxylic acids is 1. The zero-order valence-electron chi connectivity index (χ0n) is 13.9. The SMILES string of the molecule is C=C/C(=C\C)c1nn(C)c2nc(NCC(=O)OC)cc(C(F)(F)F)c12. The first-order chi connectivity index (χ1) is 11.7. The second-order valence-corrected chi connectivity index (χ2v) is 5.10. The van der Waals surface area contributed by atoms with E-state index < -0.39 is 17.7 Å². The number of carbonyl (C=O) groups is 1. The van der Waals surface area contributed by atoms with Crippen LogP contribution in [0.5, 0.6) is 0 Å². The molecule has 6 nitrogen and oxygen atoms in total. The average Bonchev–Trinajstić information content (AvgIpc) is 2.89. The minimum Gasteiger partial charge on any atom is -0.468 e. The second-order valence-electron chi connectivity index (χ2n) is 5.10. The minimum atomic E-state index is -4.62. The highest BCUT2D eigenvalue weighted by atomic mass is 19.4. The lowest BCUT2D eigenvalue weighted by Gasteiger charge is -2.12. The number of hydrogen-bond donors (Lipinski definition) is 1. The van der Waals surface area contributed by atoms with Crippen molar-refractivity contribution in [1.29, 1.82) is 0 Å². The Kier molecular flexibility index (Phi) is 5.15. The van der Waals surface area contributed by atoms with E-state index in [1.807, 2.05) is 0 Å². The summed E-state index contributed by atoms with van der Waals surface area (Å²) >= 11 is 0. The Labute approximate surface area is 142 Å². The van der Waals surface area contributed by atoms with Gasteiger partial charge in [0.05, 0.1) is 18.1 Å². The molecule has 0 radical (unpaired) electrons. The highest BCUT2D eigenvalue weighted by Crippen LogP contribution is 2.38. The van der Waals surface area contributed by atoms with E-state index >= 15 is 0 Å². The molecule has 0 aliphatic rings. The van der Waals surface area contributed by atoms with Gasteiger partial charge in [-0.2, -0.15) is 18.3 Å². The van der Waals surface area contributed by atoms with Gasteiger partial charge >= 0.3 is 12.1 Å². The predicted octanol–water partition coefficient (Wildman–Crippen LogP) is 3.16. The fourth-order valence-electron chi connectivity index (χ4n) is 2.35. The molecule has 134 valence electrons. The zero-order valence-corrected chi connectivity index (χ0v) is 13.9. The molecule has 0 aromatic carbocycles. The molecule has 0 aliphatic heterocycles. The predicted molar refractivity (Wildman–Crippen MR) is 87.9 cm³/mol. The van der Waals surface area contributed by atoms with Crippen molar-refractivity contribution in [2.75, 3.05) is 19.0 Å². The molecule has 2 heterocycles. The van der Waals surface area contributed by atoms with Gasteiger partial charge in [0.2, 0.25) is 0 Å². The molecule has 0 amide bonds. The number of hydrogen-bond acceptors (Lipinski definition) is 5. The number of pyridine rings is 1. The quantitative estimate of drug-likeness (QED) is 0.660. The summed E-state index contributed by atoms with van der Waals surface area (Å²) in [6, 6.07) is 0.854. The summed E-state index contributed by atoms with van der Waals surface area (Å²) in [4.78, 5) is 15.3. The van der Waals surface area contributed by atoms with E-state index in [9.17, 15) is 18.0 Å². The lowest BCUT2D eigenvalue weighted by Crippen LogP contribution is -2.17. The van der Waals surface area contributed by atoms with E-state index in [1.54, 1.807) is 13.0 Å². The van der Waals surface area contributed by atoms with Gasteiger partial charge in [-0.05, 0) is 18.6 Å². The van der Waals surface area contributed by atoms with Crippen molar-refractivity contribution in [2.45, 2.75) is 13.1 Å². The number of aryl methyl sites for hydroxylation is 1. The van der Waals surface area contributed by atoms with Gasteiger partial charge in [-0.25, -0.2) is 9.67 Å². The molecular formula is C16H17F3N4O2. The number of rotatable bonds is 5. The summed E-state index contributed by atoms with van der Waals surface area (Å²) in [5.41, 5.74) is -0.241. The van der Waals surface area contributed by atoms with Crippen LogP contribution in [0.2, 0.25) is 0 Å². The molecule has 0 fully saturated rings. The molecule has 0 unspecified atom stereocenters. The molecule has 2 rings (SSSR count). The Morgan fingerprint density at radius 1 is 1.48 bits per heavy atom. The number of nitrogens with zero attached hydrogens (tertiary/aromatic N) is 3. The maximum atomic E-state index is 13.6. The van der Waals surface area contributed by atoms with Crippen LogP contribution < -0.4 is 5.32 Å². The third kappa shape index (κ3) is 3.65. The topological polar surface area (TPSA) is 69.0 Å². The van der Waals surface area contributed by atoms with Crippen molar-refractivity contribution >= 4 is 28.4 Å². The summed E-state index contributed by atoms with van der Waals surface area (Å²) in [7, 11) is 2.68. The van der Waals surface area contributed by atoms with Crippen LogP contribution >= 0.6 is 0 Å². The molecule has 0 spiro atoms. The first-order valence-electron chi connectivity index (χ1n) is 7.27. The molecule has 9 heteroatoms. The van der Waals surface area contributed by atoms with E-state index in [2.05, 4.69) is 26.7 Å². The maximum Gasteiger partial charge on any atom is 0.417 e. The number of methoxy groups -OCH3 is 1. The molecular weight excluding hydrogens is 337 g/mol. The van der Waals surface area contributed by atoms with Gasteiger partial charge in [-0.15, -0.1) is 0 Å². The summed E-state index contributed by atoms with van der Waals surface area (Å²) in [6.45, 7) is 4.99. The molecule has 0 saturated carbocycles. The number of ether oxygens (including phenoxy) is 1. The molecule has 25 heavy (non-hydrogen) atoms. The van der Waals surface area contributed by atoms with Gasteiger partial charge < -0.3 is 10.1 Å². The Hall–Kier alpha value is -2.84. The Balaban J connectivity index is 2.71. The van der Waals surface area contributed by atoms with Crippen LogP contribution in [0.25, 0.3) is 16.6 Å². The monoisotopic (exact) mass is 354 g/mol. The molecule has 0 atom stereocenters. The average molecular weight is 354 g/mol. The van der Waals surface area contributed by atoms with Crippen LogP contribution in [0.15, 0.2) is 24.8 Å². The molecule has 0 aliphatic carbocycles. The smallest absolute Gasteiger partial charge is 0.417 e. The van der Waals surface area contributed by atoms with Gasteiger partial charge in [0.25, 0.3) is 0 Å². The third-order valence-corrected chi connectivity index (χ3v) is 3.54. The van der Waals surface area contributed by atoms with Crippen LogP contribution in [0.4, 0.5) is 19.0 Å². The van der Waals surface area contributed by atoms with Gasteiger partial charge in [-0.3, -0.25) is 4.79 Å². The van der Waals surface area contributed by atoms with E-state index in [0.717, 1.165) is 6.07 Å². The molecule has 0 saturated heterocycles. The van der Waals surface area contributed by atoms with Crippen LogP contribution in [0.1, 0.15) is 18.2 Å². The molecule has 1 N–H and O–H groups in total. The minimum absolute atomic E-state index is 0.0402. The standard InChI is InChI=1S/C16H17F3N4O2/c1-5-9(6-2)14-13-10(16(17,18)19)7-11(20-8-12(24)25-4)21-15(13)23(3)22-14/h5-7H,1,8H2,2-4H3,(H,20,21)/b9-6+. The normalized spacial score (nSPS) is 12.3. The number of aromatic nitrogens is 3. The van der Waals surface area contributed by atoms with Crippen molar-refractivity contribution < 1.29 is 22.7 Å². The highest BCUT2D eigenvalue weighted by Gasteiger charge is 2.36. The number of esters is 1. The van der Waals surface area contributed by atoms with Gasteiger partial charge in [0, 0.05) is 7.05 Å². The Bertz CT molecular complexity index is 853. The first-order valence-corrected chi connectivity index (χ1v) is 7.27. The van der Waals surface area contributed by atoms with Crippen molar-refractivity contribution in [3.05, 3.63) is 36.1 Å². The zero-order chi connectivity index (χ0) is 18.8. The number of alkyl halides is 3. The van der Waals surface area contributed by atoms with Gasteiger partial charge in [-0.1, -0.05) is 18.7 Å². The van der Waals surface area contributed by atoms with Crippen molar-refractivity contribution in [2.24, 2.45) is 7.05 Å². The maximum absolute atomic E-state index is 13.6. The number of allylic oxidation sites excluding steroid dienone is 3. The van der Waals surface area contributed by atoms with Crippen molar-refractivity contribution in [3.63, 3.8) is 0 Å².